The van der Waals surface area contributed by atoms with Crippen molar-refractivity contribution < 1.29 is 26.7 Å². The lowest BCUT2D eigenvalue weighted by Crippen LogP contribution is -2.10. The average Bonchev–Trinajstić information content (AvgIpc) is 2.92. The molecule has 0 N–H and O–H groups in total. The lowest BCUT2D eigenvalue weighted by Gasteiger charge is -2.14. The number of alkyl halides is 5. The molecule has 1 aromatic carbocycles. The van der Waals surface area contributed by atoms with E-state index in [0.29, 0.717) is 0 Å². The predicted octanol–water partition coefficient (Wildman–Crippen LogP) is 4.35. The monoisotopic (exact) mass is 374 g/mol. The van der Waals surface area contributed by atoms with Crippen molar-refractivity contribution >= 4 is 18.6 Å². The van der Waals surface area contributed by atoms with Gasteiger partial charge in [-0.25, -0.2) is 8.78 Å². The second-order valence-electron chi connectivity index (χ2n) is 5.25. The maximum atomic E-state index is 13.1. The van der Waals surface area contributed by atoms with Crippen molar-refractivity contribution in [1.82, 2.24) is 14.8 Å². The van der Waals surface area contributed by atoms with Crippen LogP contribution in [-0.2, 0) is 17.5 Å². The van der Waals surface area contributed by atoms with Gasteiger partial charge in [0.15, 0.2) is 0 Å². The summed E-state index contributed by atoms with van der Waals surface area (Å²) < 4.78 is 71.1. The van der Waals surface area contributed by atoms with E-state index in [-0.39, 0.29) is 29.3 Å². The van der Waals surface area contributed by atoms with E-state index in [1.54, 1.807) is 0 Å². The Labute approximate surface area is 145 Å². The molecular weight excluding hydrogens is 359 g/mol. The summed E-state index contributed by atoms with van der Waals surface area (Å²) in [4.78, 5) is 3.74. The van der Waals surface area contributed by atoms with Crippen LogP contribution in [0.25, 0.3) is 11.9 Å². The van der Waals surface area contributed by atoms with Gasteiger partial charge in [-0.15, -0.1) is 10.2 Å². The maximum absolute atomic E-state index is 13.1. The number of aromatic nitrogens is 3. The van der Waals surface area contributed by atoms with Crippen molar-refractivity contribution in [2.45, 2.75) is 26.1 Å². The SMILES string of the molecule is C=N/C(=C\n1c(C)nnc1C(F)F)c1ccc(C(F)(F)F)c(COC)c1. The van der Waals surface area contributed by atoms with Crippen LogP contribution < -0.4 is 0 Å². The molecule has 26 heavy (non-hydrogen) atoms. The Kier molecular flexibility index (Phi) is 5.86. The summed E-state index contributed by atoms with van der Waals surface area (Å²) in [6.07, 6.45) is -6.23. The van der Waals surface area contributed by atoms with E-state index in [1.807, 2.05) is 0 Å². The van der Waals surface area contributed by atoms with E-state index in [1.165, 1.54) is 32.4 Å². The number of rotatable bonds is 6. The van der Waals surface area contributed by atoms with Gasteiger partial charge in [-0.2, -0.15) is 13.2 Å². The van der Waals surface area contributed by atoms with Gasteiger partial charge < -0.3 is 4.74 Å². The summed E-state index contributed by atoms with van der Waals surface area (Å²) in [6, 6.07) is 3.30. The molecule has 0 fully saturated rings. The van der Waals surface area contributed by atoms with E-state index in [2.05, 4.69) is 21.9 Å². The van der Waals surface area contributed by atoms with E-state index in [4.69, 9.17) is 4.74 Å². The van der Waals surface area contributed by atoms with Crippen molar-refractivity contribution in [3.63, 3.8) is 0 Å². The van der Waals surface area contributed by atoms with Crippen LogP contribution in [0.2, 0.25) is 0 Å². The standard InChI is InChI=1S/C16H15F5N4O/c1-9-23-24-15(14(17)18)25(9)7-13(22-2)10-4-5-12(16(19,20)21)11(6-10)8-26-3/h4-7,14H,2,8H2,1,3H3/b13-7-. The van der Waals surface area contributed by atoms with Crippen LogP contribution in [0.5, 0.6) is 0 Å². The minimum absolute atomic E-state index is 0.0841. The summed E-state index contributed by atoms with van der Waals surface area (Å²) in [7, 11) is 1.27. The molecule has 140 valence electrons. The van der Waals surface area contributed by atoms with Crippen LogP contribution in [-0.4, -0.2) is 28.6 Å². The van der Waals surface area contributed by atoms with Crippen LogP contribution in [0.1, 0.15) is 34.8 Å². The Balaban J connectivity index is 2.56. The lowest BCUT2D eigenvalue weighted by molar-refractivity contribution is -0.138. The topological polar surface area (TPSA) is 52.3 Å². The van der Waals surface area contributed by atoms with Crippen LogP contribution in [0.15, 0.2) is 23.2 Å². The van der Waals surface area contributed by atoms with Crippen LogP contribution in [0.4, 0.5) is 22.0 Å². The third kappa shape index (κ3) is 4.13. The van der Waals surface area contributed by atoms with E-state index < -0.39 is 24.0 Å². The fourth-order valence-corrected chi connectivity index (χ4v) is 2.33. The van der Waals surface area contributed by atoms with Crippen molar-refractivity contribution in [3.05, 3.63) is 46.5 Å². The molecule has 5 nitrogen and oxygen atoms in total. The van der Waals surface area contributed by atoms with Gasteiger partial charge in [0.05, 0.1) is 17.9 Å². The van der Waals surface area contributed by atoms with Gasteiger partial charge in [0.25, 0.3) is 6.43 Å². The minimum Gasteiger partial charge on any atom is -0.380 e. The van der Waals surface area contributed by atoms with Crippen molar-refractivity contribution in [2.75, 3.05) is 7.11 Å². The number of aryl methyl sites for hydroxylation is 1. The summed E-state index contributed by atoms with van der Waals surface area (Å²) in [5.41, 5.74) is -0.615. The van der Waals surface area contributed by atoms with Crippen LogP contribution in [0.3, 0.4) is 0 Å². The maximum Gasteiger partial charge on any atom is 0.416 e. The summed E-state index contributed by atoms with van der Waals surface area (Å²) >= 11 is 0. The van der Waals surface area contributed by atoms with Gasteiger partial charge >= 0.3 is 6.18 Å². The molecule has 0 aliphatic heterocycles. The largest absolute Gasteiger partial charge is 0.416 e. The number of halogens is 5. The minimum atomic E-state index is -4.55. The number of aliphatic imine (C=N–C) groups is 1. The molecule has 1 aromatic heterocycles. The van der Waals surface area contributed by atoms with Crippen LogP contribution in [0, 0.1) is 6.92 Å². The number of nitrogens with zero attached hydrogens (tertiary/aromatic N) is 4. The highest BCUT2D eigenvalue weighted by Crippen LogP contribution is 2.34. The molecular formula is C16H15F5N4O. The highest BCUT2D eigenvalue weighted by molar-refractivity contribution is 5.77. The first-order valence-electron chi connectivity index (χ1n) is 7.26. The zero-order chi connectivity index (χ0) is 19.5. The second kappa shape index (κ2) is 7.73. The molecule has 0 bridgehead atoms. The van der Waals surface area contributed by atoms with Gasteiger partial charge in [0, 0.05) is 18.9 Å². The Morgan fingerprint density at radius 2 is 2.04 bits per heavy atom. The molecule has 2 rings (SSSR count). The van der Waals surface area contributed by atoms with Crippen molar-refractivity contribution in [1.29, 1.82) is 0 Å². The number of hydrogen-bond acceptors (Lipinski definition) is 4. The molecule has 0 amide bonds. The molecule has 0 saturated heterocycles. The first-order chi connectivity index (χ1) is 12.2. The van der Waals surface area contributed by atoms with E-state index in [0.717, 1.165) is 10.6 Å². The highest BCUT2D eigenvalue weighted by atomic mass is 19.4. The fraction of sp³-hybridized carbons (Fsp3) is 0.312. The third-order valence-corrected chi connectivity index (χ3v) is 3.52. The third-order valence-electron chi connectivity index (χ3n) is 3.52. The number of hydrogen-bond donors (Lipinski definition) is 0. The van der Waals surface area contributed by atoms with Gasteiger partial charge in [0.1, 0.15) is 5.82 Å². The zero-order valence-electron chi connectivity index (χ0n) is 13.9. The summed E-state index contributed by atoms with van der Waals surface area (Å²) in [5, 5.41) is 6.95. The van der Waals surface area contributed by atoms with Gasteiger partial charge in [0.2, 0.25) is 5.82 Å². The van der Waals surface area contributed by atoms with Gasteiger partial charge in [-0.3, -0.25) is 9.56 Å². The Bertz CT molecular complexity index is 827. The molecule has 0 radical (unpaired) electrons. The molecule has 2 aromatic rings. The molecule has 1 heterocycles. The zero-order valence-corrected chi connectivity index (χ0v) is 13.9. The molecule has 10 heteroatoms. The average molecular weight is 374 g/mol. The quantitative estimate of drug-likeness (QED) is 0.558. The first-order valence-corrected chi connectivity index (χ1v) is 7.26. The van der Waals surface area contributed by atoms with E-state index in [9.17, 15) is 22.0 Å². The highest BCUT2D eigenvalue weighted by Gasteiger charge is 2.33. The Morgan fingerprint density at radius 1 is 1.35 bits per heavy atom. The number of benzene rings is 1. The summed E-state index contributed by atoms with van der Waals surface area (Å²) in [5.74, 6) is -0.432. The fourth-order valence-electron chi connectivity index (χ4n) is 2.33. The molecule has 0 saturated carbocycles. The normalized spacial score (nSPS) is 12.7. The predicted molar refractivity (Wildman–Crippen MR) is 85.6 cm³/mol. The lowest BCUT2D eigenvalue weighted by atomic mass is 10.0. The molecule has 0 aliphatic carbocycles. The molecule has 0 spiro atoms. The van der Waals surface area contributed by atoms with Crippen molar-refractivity contribution in [2.24, 2.45) is 4.99 Å². The van der Waals surface area contributed by atoms with E-state index >= 15 is 0 Å². The molecule has 0 atom stereocenters. The number of methoxy groups -OCH3 is 1. The Morgan fingerprint density at radius 3 is 2.58 bits per heavy atom. The summed E-state index contributed by atoms with van der Waals surface area (Å²) in [6.45, 7) is 4.54. The van der Waals surface area contributed by atoms with Gasteiger partial charge in [-0.05, 0) is 31.3 Å². The number of ether oxygens (including phenoxy) is 1. The smallest absolute Gasteiger partial charge is 0.380 e. The Hall–Kier alpha value is -2.62. The molecule has 0 aliphatic rings. The van der Waals surface area contributed by atoms with Crippen LogP contribution >= 0.6 is 0 Å². The van der Waals surface area contributed by atoms with Crippen molar-refractivity contribution in [3.8, 4) is 0 Å². The first kappa shape index (κ1) is 19.7. The second-order valence-corrected chi connectivity index (χ2v) is 5.25. The molecule has 0 unspecified atom stereocenters. The van der Waals surface area contributed by atoms with Gasteiger partial charge in [-0.1, -0.05) is 6.07 Å².